The molecule has 1 aliphatic heterocycles. The van der Waals surface area contributed by atoms with Crippen molar-refractivity contribution in [2.45, 2.75) is 5.75 Å². The molecule has 8 heteroatoms. The zero-order chi connectivity index (χ0) is 19.2. The molecule has 27 heavy (non-hydrogen) atoms. The number of benzene rings is 2. The molecule has 0 aromatic heterocycles. The number of hydrogen-bond donors (Lipinski definition) is 0. The van der Waals surface area contributed by atoms with Crippen molar-refractivity contribution in [1.82, 2.24) is 0 Å². The van der Waals surface area contributed by atoms with Gasteiger partial charge in [-0.05, 0) is 23.8 Å². The van der Waals surface area contributed by atoms with E-state index in [4.69, 9.17) is 14.2 Å². The summed E-state index contributed by atoms with van der Waals surface area (Å²) < 4.78 is 29.0. The number of fused-ring (bicyclic) bond motifs is 1. The summed E-state index contributed by atoms with van der Waals surface area (Å²) in [6.07, 6.45) is -0.503. The van der Waals surface area contributed by atoms with E-state index in [0.717, 1.165) is 10.6 Å². The maximum absolute atomic E-state index is 13.4. The Balaban J connectivity index is 1.78. The molecule has 2 aromatic carbocycles. The van der Waals surface area contributed by atoms with Crippen LogP contribution in [-0.4, -0.2) is 38.7 Å². The summed E-state index contributed by atoms with van der Waals surface area (Å²) in [7, 11) is 2.84. The summed E-state index contributed by atoms with van der Waals surface area (Å²) in [5.74, 6) is 0.768. The molecule has 1 amide bonds. The molecule has 1 aliphatic rings. The van der Waals surface area contributed by atoms with Crippen molar-refractivity contribution < 1.29 is 23.4 Å². The largest absolute Gasteiger partial charge is 0.484 e. The van der Waals surface area contributed by atoms with Gasteiger partial charge in [-0.15, -0.1) is 11.8 Å². The maximum Gasteiger partial charge on any atom is 0.415 e. The van der Waals surface area contributed by atoms with Crippen molar-refractivity contribution in [2.75, 3.05) is 32.5 Å². The van der Waals surface area contributed by atoms with Crippen molar-refractivity contribution >= 4 is 34.3 Å². The Bertz CT molecular complexity index is 859. The molecule has 0 saturated carbocycles. The highest BCUT2D eigenvalue weighted by atomic mass is 32.2. The molecule has 0 aliphatic carbocycles. The predicted molar refractivity (Wildman–Crippen MR) is 103 cm³/mol. The fourth-order valence-electron chi connectivity index (χ4n) is 2.60. The molecular weight excluding hydrogens is 371 g/mol. The number of carbonyl (C=O) groups excluding carboxylic acids is 1. The van der Waals surface area contributed by atoms with Crippen LogP contribution in [0.5, 0.6) is 5.75 Å². The molecule has 1 heterocycles. The summed E-state index contributed by atoms with van der Waals surface area (Å²) in [5, 5.41) is 0.735. The number of nitrogens with zero attached hydrogens (tertiary/aromatic N) is 2. The average Bonchev–Trinajstić information content (AvgIpc) is 2.70. The number of ether oxygens (including phenoxy) is 3. The van der Waals surface area contributed by atoms with Crippen molar-refractivity contribution in [3.8, 4) is 5.75 Å². The summed E-state index contributed by atoms with van der Waals surface area (Å²) in [5.41, 5.74) is 2.09. The van der Waals surface area contributed by atoms with Gasteiger partial charge in [-0.2, -0.15) is 0 Å². The van der Waals surface area contributed by atoms with Gasteiger partial charge in [-0.3, -0.25) is 4.90 Å². The number of halogens is 1. The van der Waals surface area contributed by atoms with Gasteiger partial charge in [0.25, 0.3) is 0 Å². The van der Waals surface area contributed by atoms with Gasteiger partial charge in [0.05, 0.1) is 12.8 Å². The van der Waals surface area contributed by atoms with Gasteiger partial charge < -0.3 is 14.2 Å². The lowest BCUT2D eigenvalue weighted by molar-refractivity contribution is 0.153. The predicted octanol–water partition coefficient (Wildman–Crippen LogP) is 4.36. The number of hydrogen-bond acceptors (Lipinski definition) is 6. The van der Waals surface area contributed by atoms with Gasteiger partial charge in [0, 0.05) is 18.9 Å². The second kappa shape index (κ2) is 8.88. The first-order valence-electron chi connectivity index (χ1n) is 8.17. The van der Waals surface area contributed by atoms with Gasteiger partial charge in [-0.25, -0.2) is 14.2 Å². The normalized spacial score (nSPS) is 12.6. The van der Waals surface area contributed by atoms with E-state index in [0.29, 0.717) is 29.5 Å². The molecular formula is C19H19FN2O4S. The lowest BCUT2D eigenvalue weighted by Crippen LogP contribution is -2.33. The monoisotopic (exact) mass is 390 g/mol. The van der Waals surface area contributed by atoms with Gasteiger partial charge in [0.2, 0.25) is 0 Å². The Labute approximate surface area is 160 Å². The summed E-state index contributed by atoms with van der Waals surface area (Å²) in [4.78, 5) is 18.0. The van der Waals surface area contributed by atoms with Gasteiger partial charge in [0.15, 0.2) is 0 Å². The van der Waals surface area contributed by atoms with E-state index in [1.165, 1.54) is 43.0 Å². The molecule has 2 aromatic rings. The van der Waals surface area contributed by atoms with E-state index in [2.05, 4.69) is 4.99 Å². The average molecular weight is 390 g/mol. The fraction of sp³-hybridized carbons (Fsp3) is 0.263. The first-order valence-corrected chi connectivity index (χ1v) is 9.16. The Kier molecular flexibility index (Phi) is 6.31. The van der Waals surface area contributed by atoms with Crippen molar-refractivity contribution in [1.29, 1.82) is 0 Å². The van der Waals surface area contributed by atoms with Crippen molar-refractivity contribution in [2.24, 2.45) is 4.99 Å². The maximum atomic E-state index is 13.4. The number of aliphatic imine (C=N–C) groups is 1. The molecule has 6 nitrogen and oxygen atoms in total. The molecule has 0 N–H and O–H groups in total. The number of thioether (sulfide) groups is 1. The van der Waals surface area contributed by atoms with Crippen LogP contribution in [0.2, 0.25) is 0 Å². The number of amides is 1. The Hall–Kier alpha value is -2.58. The molecule has 0 fully saturated rings. The van der Waals surface area contributed by atoms with E-state index in [9.17, 15) is 9.18 Å². The number of methoxy groups -OCH3 is 2. The van der Waals surface area contributed by atoms with E-state index in [1.807, 2.05) is 24.3 Å². The van der Waals surface area contributed by atoms with Crippen LogP contribution in [0.4, 0.5) is 20.6 Å². The standard InChI is InChI=1S/C19H19FN2O4S/c1-24-12-22(19(23)25-2)16-6-4-3-5-13(16)11-27-18-10-26-17-8-7-14(20)9-15(17)21-18/h3-9H,10-12H2,1-2H3. The zero-order valence-electron chi connectivity index (χ0n) is 15.0. The van der Waals surface area contributed by atoms with Gasteiger partial charge in [0.1, 0.15) is 35.6 Å². The zero-order valence-corrected chi connectivity index (χ0v) is 15.8. The van der Waals surface area contributed by atoms with E-state index in [-0.39, 0.29) is 12.5 Å². The third kappa shape index (κ3) is 4.58. The molecule has 0 radical (unpaired) electrons. The Morgan fingerprint density at radius 2 is 2.11 bits per heavy atom. The number of rotatable bonds is 5. The van der Waals surface area contributed by atoms with Crippen LogP contribution >= 0.6 is 11.8 Å². The number of para-hydroxylation sites is 1. The highest BCUT2D eigenvalue weighted by Crippen LogP contribution is 2.34. The van der Waals surface area contributed by atoms with Crippen molar-refractivity contribution in [3.63, 3.8) is 0 Å². The van der Waals surface area contributed by atoms with E-state index < -0.39 is 6.09 Å². The Morgan fingerprint density at radius 3 is 2.89 bits per heavy atom. The SMILES string of the molecule is COCN(C(=O)OC)c1ccccc1CSC1=Nc2cc(F)ccc2OC1. The van der Waals surface area contributed by atoms with Gasteiger partial charge >= 0.3 is 6.09 Å². The smallest absolute Gasteiger partial charge is 0.415 e. The first-order chi connectivity index (χ1) is 13.1. The van der Waals surface area contributed by atoms with Crippen LogP contribution in [0.1, 0.15) is 5.56 Å². The molecule has 0 bridgehead atoms. The van der Waals surface area contributed by atoms with Gasteiger partial charge in [-0.1, -0.05) is 18.2 Å². The second-order valence-electron chi connectivity index (χ2n) is 5.64. The number of carbonyl (C=O) groups is 1. The molecule has 0 unspecified atom stereocenters. The summed E-state index contributed by atoms with van der Waals surface area (Å²) in [6.45, 7) is 0.398. The summed E-state index contributed by atoms with van der Waals surface area (Å²) >= 11 is 1.47. The molecule has 0 spiro atoms. The highest BCUT2D eigenvalue weighted by Gasteiger charge is 2.20. The topological polar surface area (TPSA) is 60.4 Å². The lowest BCUT2D eigenvalue weighted by atomic mass is 10.2. The highest BCUT2D eigenvalue weighted by molar-refractivity contribution is 8.13. The number of anilines is 1. The molecule has 0 saturated heterocycles. The van der Waals surface area contributed by atoms with Crippen LogP contribution in [0, 0.1) is 5.82 Å². The third-order valence-corrected chi connectivity index (χ3v) is 4.84. The minimum absolute atomic E-state index is 0.0745. The fourth-order valence-corrected chi connectivity index (χ4v) is 3.47. The summed E-state index contributed by atoms with van der Waals surface area (Å²) in [6, 6.07) is 11.8. The minimum Gasteiger partial charge on any atom is -0.484 e. The molecule has 142 valence electrons. The molecule has 0 atom stereocenters. The van der Waals surface area contributed by atoms with Crippen LogP contribution in [0.3, 0.4) is 0 Å². The van der Waals surface area contributed by atoms with Crippen LogP contribution in [0.15, 0.2) is 47.5 Å². The van der Waals surface area contributed by atoms with E-state index in [1.54, 1.807) is 6.07 Å². The van der Waals surface area contributed by atoms with Crippen molar-refractivity contribution in [3.05, 3.63) is 53.8 Å². The van der Waals surface area contributed by atoms with E-state index >= 15 is 0 Å². The molecule has 3 rings (SSSR count). The quantitative estimate of drug-likeness (QED) is 0.710. The van der Waals surface area contributed by atoms with Crippen LogP contribution in [-0.2, 0) is 15.2 Å². The second-order valence-corrected chi connectivity index (χ2v) is 6.69. The Morgan fingerprint density at radius 1 is 1.30 bits per heavy atom. The van der Waals surface area contributed by atoms with Crippen LogP contribution in [0.25, 0.3) is 0 Å². The minimum atomic E-state index is -0.503. The lowest BCUT2D eigenvalue weighted by Gasteiger charge is -2.23. The first kappa shape index (κ1) is 19.2. The van der Waals surface area contributed by atoms with Crippen LogP contribution < -0.4 is 9.64 Å². The third-order valence-electron chi connectivity index (χ3n) is 3.85.